The summed E-state index contributed by atoms with van der Waals surface area (Å²) in [6.45, 7) is 4.92. The third-order valence-corrected chi connectivity index (χ3v) is 8.88. The standard InChI is InChI=1S/C21H26F2O4S/c1-10-6-12-13-8-15(22)14-7-11(24)4-5-18(14,2)20(13,23)16(25)9-19(12,3)21(10,27)17(26)28/h4-5,7,10,12-13,15-16,25,27H,6,8-9H2,1-3H3,(H,26,28)/t10-,12+,13-,15+,16+,18+,19+,20+,21+/m1/s1. The van der Waals surface area contributed by atoms with Gasteiger partial charge in [-0.05, 0) is 55.7 Å². The Labute approximate surface area is 168 Å². The predicted molar refractivity (Wildman–Crippen MR) is 102 cm³/mol. The van der Waals surface area contributed by atoms with Gasteiger partial charge in [0.1, 0.15) is 11.8 Å². The molecule has 0 amide bonds. The number of ketones is 1. The van der Waals surface area contributed by atoms with Crippen molar-refractivity contribution in [1.82, 2.24) is 0 Å². The molecule has 2 N–H and O–H groups in total. The average Bonchev–Trinajstić information content (AvgIpc) is 2.81. The predicted octanol–water partition coefficient (Wildman–Crippen LogP) is 2.74. The number of hydrogen-bond donors (Lipinski definition) is 3. The molecule has 0 unspecified atom stereocenters. The van der Waals surface area contributed by atoms with Crippen LogP contribution in [0.5, 0.6) is 0 Å². The van der Waals surface area contributed by atoms with Crippen LogP contribution in [0.25, 0.3) is 0 Å². The second-order valence-electron chi connectivity index (χ2n) is 9.57. The first kappa shape index (κ1) is 20.2. The van der Waals surface area contributed by atoms with Gasteiger partial charge in [-0.25, -0.2) is 8.78 Å². The minimum atomic E-state index is -2.20. The molecule has 0 heterocycles. The SMILES string of the molecule is C[C@@H]1C[C@H]2[C@H]3C[C@H](F)C4=CC(=O)C=C[C@]4(C)[C@@]3(F)[C@@H](O)C[C@]2(C)[C@@]1(O)C(=O)S. The molecule has 4 aliphatic carbocycles. The van der Waals surface area contributed by atoms with Crippen LogP contribution in [0.3, 0.4) is 0 Å². The average molecular weight is 412 g/mol. The lowest BCUT2D eigenvalue weighted by Crippen LogP contribution is -2.70. The van der Waals surface area contributed by atoms with Gasteiger partial charge in [-0.15, -0.1) is 12.6 Å². The van der Waals surface area contributed by atoms with E-state index in [1.807, 2.05) is 0 Å². The van der Waals surface area contributed by atoms with Crippen molar-refractivity contribution in [3.05, 3.63) is 23.8 Å². The van der Waals surface area contributed by atoms with Crippen molar-refractivity contribution < 1.29 is 28.6 Å². The highest BCUT2D eigenvalue weighted by Crippen LogP contribution is 2.71. The number of halogens is 2. The first-order valence-electron chi connectivity index (χ1n) is 9.76. The quantitative estimate of drug-likeness (QED) is 0.579. The van der Waals surface area contributed by atoms with Crippen LogP contribution >= 0.6 is 12.6 Å². The molecule has 4 nitrogen and oxygen atoms in total. The summed E-state index contributed by atoms with van der Waals surface area (Å²) in [5.41, 5.74) is -6.53. The van der Waals surface area contributed by atoms with E-state index < -0.39 is 63.0 Å². The van der Waals surface area contributed by atoms with E-state index >= 15 is 8.78 Å². The fourth-order valence-corrected chi connectivity index (χ4v) is 7.47. The molecule has 7 heteroatoms. The van der Waals surface area contributed by atoms with Crippen molar-refractivity contribution in [3.63, 3.8) is 0 Å². The molecule has 3 fully saturated rings. The van der Waals surface area contributed by atoms with Gasteiger partial charge in [0.15, 0.2) is 11.5 Å². The van der Waals surface area contributed by atoms with E-state index in [1.54, 1.807) is 13.8 Å². The minimum Gasteiger partial charge on any atom is -0.390 e. The monoisotopic (exact) mass is 412 g/mol. The fraction of sp³-hybridized carbons (Fsp3) is 0.714. The number of fused-ring (bicyclic) bond motifs is 5. The van der Waals surface area contributed by atoms with E-state index in [0.717, 1.165) is 6.08 Å². The number of carbonyl (C=O) groups excluding carboxylic acids is 2. The Morgan fingerprint density at radius 3 is 2.54 bits per heavy atom. The van der Waals surface area contributed by atoms with Gasteiger partial charge in [0, 0.05) is 16.7 Å². The zero-order valence-corrected chi connectivity index (χ0v) is 17.0. The van der Waals surface area contributed by atoms with Crippen LogP contribution in [0.4, 0.5) is 8.78 Å². The van der Waals surface area contributed by atoms with Gasteiger partial charge in [-0.1, -0.05) is 19.9 Å². The molecular formula is C21H26F2O4S. The molecule has 0 aromatic rings. The number of aliphatic hydroxyl groups excluding tert-OH is 1. The largest absolute Gasteiger partial charge is 0.390 e. The Morgan fingerprint density at radius 1 is 1.29 bits per heavy atom. The van der Waals surface area contributed by atoms with Crippen molar-refractivity contribution in [2.45, 2.75) is 63.6 Å². The van der Waals surface area contributed by atoms with E-state index in [2.05, 4.69) is 12.6 Å². The highest BCUT2D eigenvalue weighted by Gasteiger charge is 2.76. The molecule has 9 atom stereocenters. The van der Waals surface area contributed by atoms with E-state index in [1.165, 1.54) is 19.1 Å². The lowest BCUT2D eigenvalue weighted by molar-refractivity contribution is -0.221. The van der Waals surface area contributed by atoms with E-state index in [9.17, 15) is 19.8 Å². The van der Waals surface area contributed by atoms with Crippen LogP contribution in [-0.4, -0.2) is 44.7 Å². The van der Waals surface area contributed by atoms with Gasteiger partial charge in [0.2, 0.25) is 5.12 Å². The van der Waals surface area contributed by atoms with Crippen molar-refractivity contribution in [2.24, 2.45) is 28.6 Å². The van der Waals surface area contributed by atoms with Gasteiger partial charge in [-0.2, -0.15) is 0 Å². The first-order valence-corrected chi connectivity index (χ1v) is 10.2. The fourth-order valence-electron chi connectivity index (χ4n) is 7.00. The van der Waals surface area contributed by atoms with Crippen molar-refractivity contribution in [1.29, 1.82) is 0 Å². The highest BCUT2D eigenvalue weighted by molar-refractivity contribution is 7.96. The number of carbonyl (C=O) groups is 2. The molecule has 0 aromatic heterocycles. The van der Waals surface area contributed by atoms with Crippen LogP contribution in [0.2, 0.25) is 0 Å². The van der Waals surface area contributed by atoms with Crippen LogP contribution < -0.4 is 0 Å². The Bertz CT molecular complexity index is 827. The lowest BCUT2D eigenvalue weighted by atomic mass is 9.44. The third kappa shape index (κ3) is 2.03. The van der Waals surface area contributed by atoms with E-state index in [-0.39, 0.29) is 18.4 Å². The zero-order chi connectivity index (χ0) is 20.9. The summed E-state index contributed by atoms with van der Waals surface area (Å²) in [6, 6.07) is 0. The van der Waals surface area contributed by atoms with Crippen molar-refractivity contribution in [2.75, 3.05) is 0 Å². The maximum atomic E-state index is 16.8. The molecule has 0 bridgehead atoms. The molecule has 0 aromatic carbocycles. The maximum Gasteiger partial charge on any atom is 0.218 e. The Hall–Kier alpha value is -1.05. The summed E-state index contributed by atoms with van der Waals surface area (Å²) in [6.07, 6.45) is 0.703. The van der Waals surface area contributed by atoms with Crippen LogP contribution in [0.1, 0.15) is 40.0 Å². The summed E-state index contributed by atoms with van der Waals surface area (Å²) in [5.74, 6) is -2.29. The maximum absolute atomic E-state index is 16.8. The van der Waals surface area contributed by atoms with E-state index in [0.29, 0.717) is 6.42 Å². The normalized spacial score (nSPS) is 55.2. The lowest BCUT2D eigenvalue weighted by Gasteiger charge is -2.62. The highest BCUT2D eigenvalue weighted by atomic mass is 32.1. The molecule has 154 valence electrons. The summed E-state index contributed by atoms with van der Waals surface area (Å²) >= 11 is 3.90. The number of aliphatic hydroxyl groups is 2. The molecule has 28 heavy (non-hydrogen) atoms. The molecule has 4 rings (SSSR count). The summed E-state index contributed by atoms with van der Waals surface area (Å²) in [5, 5.41) is 21.6. The van der Waals surface area contributed by atoms with Crippen molar-refractivity contribution in [3.8, 4) is 0 Å². The Balaban J connectivity index is 1.88. The second kappa shape index (κ2) is 5.76. The third-order valence-electron chi connectivity index (χ3n) is 8.54. The first-order chi connectivity index (χ1) is 12.8. The molecule has 0 spiro atoms. The molecule has 0 saturated heterocycles. The number of rotatable bonds is 1. The second-order valence-corrected chi connectivity index (χ2v) is 9.97. The Morgan fingerprint density at radius 2 is 1.93 bits per heavy atom. The van der Waals surface area contributed by atoms with Crippen molar-refractivity contribution >= 4 is 23.5 Å². The minimum absolute atomic E-state index is 0.0629. The zero-order valence-electron chi connectivity index (χ0n) is 16.2. The van der Waals surface area contributed by atoms with Gasteiger partial charge in [0.25, 0.3) is 0 Å². The number of allylic oxidation sites excluding steroid dienone is 4. The van der Waals surface area contributed by atoms with Gasteiger partial charge < -0.3 is 10.2 Å². The van der Waals surface area contributed by atoms with Crippen LogP contribution in [0, 0.1) is 28.6 Å². The smallest absolute Gasteiger partial charge is 0.218 e. The number of alkyl halides is 2. The van der Waals surface area contributed by atoms with Gasteiger partial charge in [-0.3, -0.25) is 9.59 Å². The number of hydrogen-bond acceptors (Lipinski definition) is 4. The summed E-state index contributed by atoms with van der Waals surface area (Å²) in [7, 11) is 0. The summed E-state index contributed by atoms with van der Waals surface area (Å²) in [4.78, 5) is 24.1. The molecule has 0 aliphatic heterocycles. The van der Waals surface area contributed by atoms with E-state index in [4.69, 9.17) is 0 Å². The van der Waals surface area contributed by atoms with Gasteiger partial charge in [0.05, 0.1) is 6.10 Å². The van der Waals surface area contributed by atoms with Crippen LogP contribution in [-0.2, 0) is 9.59 Å². The number of thiol groups is 1. The Kier molecular flexibility index (Phi) is 4.16. The topological polar surface area (TPSA) is 74.6 Å². The molecule has 3 saturated carbocycles. The molecule has 4 aliphatic rings. The van der Waals surface area contributed by atoms with Gasteiger partial charge >= 0.3 is 0 Å². The molecule has 0 radical (unpaired) electrons. The summed E-state index contributed by atoms with van der Waals surface area (Å²) < 4.78 is 32.0. The molecular weight excluding hydrogens is 386 g/mol. The van der Waals surface area contributed by atoms with Crippen LogP contribution in [0.15, 0.2) is 23.8 Å².